The van der Waals surface area contributed by atoms with E-state index in [9.17, 15) is 0 Å². The number of hydrogen-bond acceptors (Lipinski definition) is 3. The molecule has 0 saturated carbocycles. The van der Waals surface area contributed by atoms with Gasteiger partial charge in [0.05, 0.1) is 0 Å². The third-order valence-electron chi connectivity index (χ3n) is 5.15. The Kier molecular flexibility index (Phi) is 10.3. The van der Waals surface area contributed by atoms with Crippen molar-refractivity contribution in [2.45, 2.75) is 53.4 Å². The number of hydrogen-bond donors (Lipinski definition) is 0. The average molecular weight is 298 g/mol. The molecule has 0 radical (unpaired) electrons. The molecule has 2 heterocycles. The highest BCUT2D eigenvalue weighted by Crippen LogP contribution is 2.21. The highest BCUT2D eigenvalue weighted by molar-refractivity contribution is 4.74. The van der Waals surface area contributed by atoms with Crippen molar-refractivity contribution >= 4 is 0 Å². The fourth-order valence-electron chi connectivity index (χ4n) is 3.52. The smallest absolute Gasteiger partial charge is 0.0110 e. The number of rotatable bonds is 6. The summed E-state index contributed by atoms with van der Waals surface area (Å²) in [5.41, 5.74) is 0. The van der Waals surface area contributed by atoms with Crippen molar-refractivity contribution in [2.24, 2.45) is 5.92 Å². The molecule has 0 spiro atoms. The van der Waals surface area contributed by atoms with Gasteiger partial charge in [0.1, 0.15) is 0 Å². The lowest BCUT2D eigenvalue weighted by Crippen LogP contribution is -2.46. The van der Waals surface area contributed by atoms with Gasteiger partial charge in [0.2, 0.25) is 0 Å². The van der Waals surface area contributed by atoms with Gasteiger partial charge in [-0.1, -0.05) is 27.7 Å². The van der Waals surface area contributed by atoms with Gasteiger partial charge in [-0.2, -0.15) is 0 Å². The second-order valence-corrected chi connectivity index (χ2v) is 6.30. The minimum atomic E-state index is 1.01. The Morgan fingerprint density at radius 1 is 0.714 bits per heavy atom. The summed E-state index contributed by atoms with van der Waals surface area (Å²) in [6.45, 7) is 20.2. The molecule has 0 aliphatic carbocycles. The summed E-state index contributed by atoms with van der Waals surface area (Å²) in [5.74, 6) is 1.01. The van der Waals surface area contributed by atoms with Crippen LogP contribution in [0.4, 0.5) is 0 Å². The maximum atomic E-state index is 2.67. The van der Waals surface area contributed by atoms with Crippen molar-refractivity contribution in [3.63, 3.8) is 0 Å². The number of likely N-dealkylation sites (tertiary alicyclic amines) is 1. The van der Waals surface area contributed by atoms with E-state index in [1.54, 1.807) is 0 Å². The van der Waals surface area contributed by atoms with Crippen molar-refractivity contribution in [1.82, 2.24) is 14.7 Å². The minimum absolute atomic E-state index is 1.01. The molecule has 2 fully saturated rings. The largest absolute Gasteiger partial charge is 0.304 e. The summed E-state index contributed by atoms with van der Waals surface area (Å²) < 4.78 is 0. The second-order valence-electron chi connectivity index (χ2n) is 6.30. The molecule has 0 aromatic rings. The molecule has 0 aromatic heterocycles. The Morgan fingerprint density at radius 3 is 1.71 bits per heavy atom. The van der Waals surface area contributed by atoms with Crippen LogP contribution >= 0.6 is 0 Å². The van der Waals surface area contributed by atoms with E-state index in [0.717, 1.165) is 5.92 Å². The van der Waals surface area contributed by atoms with Crippen LogP contribution in [0, 0.1) is 5.92 Å². The lowest BCUT2D eigenvalue weighted by molar-refractivity contribution is 0.130. The van der Waals surface area contributed by atoms with Crippen LogP contribution in [0.25, 0.3) is 0 Å². The summed E-state index contributed by atoms with van der Waals surface area (Å²) in [6, 6.07) is 0. The zero-order chi connectivity index (χ0) is 15.5. The molecular formula is C18H39N3. The van der Waals surface area contributed by atoms with Crippen molar-refractivity contribution in [3.05, 3.63) is 0 Å². The number of piperazine rings is 1. The number of likely N-dealkylation sites (N-methyl/N-ethyl adjacent to an activating group) is 1. The maximum absolute atomic E-state index is 2.67. The SMILES string of the molecule is CC.CCN1CCC(CCCN2CCN(CC)CC2)CC1. The molecule has 3 nitrogen and oxygen atoms in total. The van der Waals surface area contributed by atoms with Gasteiger partial charge >= 0.3 is 0 Å². The monoisotopic (exact) mass is 297 g/mol. The molecule has 2 rings (SSSR count). The average Bonchev–Trinajstić information content (AvgIpc) is 2.58. The summed E-state index contributed by atoms with van der Waals surface area (Å²) in [7, 11) is 0. The number of piperidine rings is 1. The van der Waals surface area contributed by atoms with Crippen molar-refractivity contribution in [2.75, 3.05) is 58.9 Å². The topological polar surface area (TPSA) is 9.72 Å². The van der Waals surface area contributed by atoms with Crippen LogP contribution in [0.2, 0.25) is 0 Å². The Hall–Kier alpha value is -0.120. The fraction of sp³-hybridized carbons (Fsp3) is 1.00. The van der Waals surface area contributed by atoms with Gasteiger partial charge in [0.15, 0.2) is 0 Å². The van der Waals surface area contributed by atoms with Crippen LogP contribution in [0.15, 0.2) is 0 Å². The van der Waals surface area contributed by atoms with Gasteiger partial charge in [-0.05, 0) is 64.3 Å². The summed E-state index contributed by atoms with van der Waals surface area (Å²) in [4.78, 5) is 7.84. The van der Waals surface area contributed by atoms with Crippen molar-refractivity contribution in [1.29, 1.82) is 0 Å². The molecule has 0 unspecified atom stereocenters. The summed E-state index contributed by atoms with van der Waals surface area (Å²) in [6.07, 6.45) is 5.77. The maximum Gasteiger partial charge on any atom is 0.0110 e. The first kappa shape index (κ1) is 18.9. The lowest BCUT2D eigenvalue weighted by Gasteiger charge is -2.35. The molecule has 0 amide bonds. The zero-order valence-electron chi connectivity index (χ0n) is 15.1. The predicted octanol–water partition coefficient (Wildman–Crippen LogP) is 3.16. The zero-order valence-corrected chi connectivity index (χ0v) is 15.1. The molecule has 2 aliphatic heterocycles. The Labute approximate surface area is 133 Å². The highest BCUT2D eigenvalue weighted by Gasteiger charge is 2.19. The summed E-state index contributed by atoms with van der Waals surface area (Å²) in [5, 5.41) is 0. The second kappa shape index (κ2) is 11.4. The Bertz CT molecular complexity index is 205. The van der Waals surface area contributed by atoms with Crippen molar-refractivity contribution < 1.29 is 0 Å². The molecule has 21 heavy (non-hydrogen) atoms. The normalized spacial score (nSPS) is 22.9. The molecule has 2 aliphatic rings. The predicted molar refractivity (Wildman–Crippen MR) is 94.0 cm³/mol. The number of nitrogens with zero attached hydrogens (tertiary/aromatic N) is 3. The van der Waals surface area contributed by atoms with Gasteiger partial charge in [0.25, 0.3) is 0 Å². The van der Waals surface area contributed by atoms with E-state index >= 15 is 0 Å². The van der Waals surface area contributed by atoms with Crippen LogP contribution in [0.1, 0.15) is 53.4 Å². The first-order valence-electron chi connectivity index (χ1n) is 9.49. The molecule has 126 valence electrons. The van der Waals surface area contributed by atoms with Crippen molar-refractivity contribution in [3.8, 4) is 0 Å². The lowest BCUT2D eigenvalue weighted by atomic mass is 9.92. The van der Waals surface area contributed by atoms with E-state index in [1.807, 2.05) is 13.8 Å². The van der Waals surface area contributed by atoms with Crippen LogP contribution in [-0.4, -0.2) is 73.6 Å². The molecule has 2 saturated heterocycles. The van der Waals surface area contributed by atoms with Crippen LogP contribution in [-0.2, 0) is 0 Å². The summed E-state index contributed by atoms with van der Waals surface area (Å²) >= 11 is 0. The molecule has 0 N–H and O–H groups in total. The first-order chi connectivity index (χ1) is 10.3. The molecule has 0 aromatic carbocycles. The van der Waals surface area contributed by atoms with Gasteiger partial charge in [-0.3, -0.25) is 0 Å². The van der Waals surface area contributed by atoms with Gasteiger partial charge < -0.3 is 14.7 Å². The van der Waals surface area contributed by atoms with E-state index in [2.05, 4.69) is 28.5 Å². The third kappa shape index (κ3) is 7.12. The molecule has 0 bridgehead atoms. The first-order valence-corrected chi connectivity index (χ1v) is 9.49. The van der Waals surface area contributed by atoms with Gasteiger partial charge in [-0.15, -0.1) is 0 Å². The highest BCUT2D eigenvalue weighted by atomic mass is 15.3. The molecule has 3 heteroatoms. The van der Waals surface area contributed by atoms with E-state index < -0.39 is 0 Å². The van der Waals surface area contributed by atoms with Gasteiger partial charge in [-0.25, -0.2) is 0 Å². The quantitative estimate of drug-likeness (QED) is 0.745. The fourth-order valence-corrected chi connectivity index (χ4v) is 3.52. The molecular weight excluding hydrogens is 258 g/mol. The van der Waals surface area contributed by atoms with Crippen LogP contribution in [0.5, 0.6) is 0 Å². The van der Waals surface area contributed by atoms with E-state index in [4.69, 9.17) is 0 Å². The van der Waals surface area contributed by atoms with E-state index in [1.165, 1.54) is 84.6 Å². The van der Waals surface area contributed by atoms with E-state index in [-0.39, 0.29) is 0 Å². The standard InChI is InChI=1S/C16H33N3.C2H6/c1-3-17-10-7-16(8-11-17)6-5-9-19-14-12-18(4-2)13-15-19;1-2/h16H,3-15H2,1-2H3;1-2H3. The minimum Gasteiger partial charge on any atom is -0.304 e. The van der Waals surface area contributed by atoms with Gasteiger partial charge in [0, 0.05) is 26.2 Å². The molecule has 0 atom stereocenters. The Balaban J connectivity index is 0.00000106. The van der Waals surface area contributed by atoms with Crippen LogP contribution in [0.3, 0.4) is 0 Å². The van der Waals surface area contributed by atoms with Crippen LogP contribution < -0.4 is 0 Å². The van der Waals surface area contributed by atoms with E-state index in [0.29, 0.717) is 0 Å². The third-order valence-corrected chi connectivity index (χ3v) is 5.15. The Morgan fingerprint density at radius 2 is 1.19 bits per heavy atom.